The number of hydrogen-bond donors (Lipinski definition) is 0. The summed E-state index contributed by atoms with van der Waals surface area (Å²) in [6, 6.07) is 0.294. The molecule has 2 heteroatoms. The van der Waals surface area contributed by atoms with Crippen molar-refractivity contribution in [2.45, 2.75) is 26.8 Å². The summed E-state index contributed by atoms with van der Waals surface area (Å²) in [6.45, 7) is 6.17. The third kappa shape index (κ3) is 2.49. The van der Waals surface area contributed by atoms with E-state index in [9.17, 15) is 4.79 Å². The molecule has 0 aromatic rings. The first kappa shape index (κ1) is 8.47. The number of nitrogens with zero attached hydrogens (tertiary/aromatic N) is 1. The van der Waals surface area contributed by atoms with Crippen molar-refractivity contribution < 1.29 is 4.79 Å². The van der Waals surface area contributed by atoms with Crippen LogP contribution in [0.3, 0.4) is 0 Å². The van der Waals surface area contributed by atoms with Gasteiger partial charge in [-0.2, -0.15) is 0 Å². The molecule has 0 spiro atoms. The average Bonchev–Trinajstić information content (AvgIpc) is 1.84. The van der Waals surface area contributed by atoms with Crippen LogP contribution in [0.5, 0.6) is 0 Å². The quantitative estimate of drug-likeness (QED) is 0.520. The van der Waals surface area contributed by atoms with E-state index in [1.165, 1.54) is 0 Å². The highest BCUT2D eigenvalue weighted by molar-refractivity contribution is 5.47. The lowest BCUT2D eigenvalue weighted by Gasteiger charge is -2.22. The lowest BCUT2D eigenvalue weighted by Crippen LogP contribution is -2.31. The molecule has 53 valence electrons. The first-order valence-electron chi connectivity index (χ1n) is 3.20. The Morgan fingerprint density at radius 3 is 1.89 bits per heavy atom. The van der Waals surface area contributed by atoms with Gasteiger partial charge in [-0.15, -0.1) is 0 Å². The Hall–Kier alpha value is -0.530. The minimum Gasteiger partial charge on any atom is -0.335 e. The van der Waals surface area contributed by atoms with Crippen molar-refractivity contribution in [2.24, 2.45) is 5.92 Å². The Balaban J connectivity index is 3.71. The van der Waals surface area contributed by atoms with E-state index in [0.29, 0.717) is 12.0 Å². The van der Waals surface area contributed by atoms with Crippen molar-refractivity contribution in [1.82, 2.24) is 4.90 Å². The van der Waals surface area contributed by atoms with Crippen molar-refractivity contribution in [3.05, 3.63) is 0 Å². The molecule has 0 saturated heterocycles. The Labute approximate surface area is 56.9 Å². The van der Waals surface area contributed by atoms with E-state index >= 15 is 0 Å². The monoisotopic (exact) mass is 128 g/mol. The van der Waals surface area contributed by atoms with Gasteiger partial charge in [-0.1, -0.05) is 13.8 Å². The van der Waals surface area contributed by atoms with Gasteiger partial charge in [-0.05, 0) is 12.8 Å². The zero-order chi connectivity index (χ0) is 7.44. The topological polar surface area (TPSA) is 20.3 Å². The molecule has 0 rings (SSSR count). The van der Waals surface area contributed by atoms with Gasteiger partial charge in [-0.3, -0.25) is 4.79 Å². The number of amides is 1. The third-order valence-corrected chi connectivity index (χ3v) is 1.72. The van der Waals surface area contributed by atoms with Gasteiger partial charge >= 0.3 is 6.41 Å². The smallest absolute Gasteiger partial charge is 0.312 e. The van der Waals surface area contributed by atoms with E-state index in [4.69, 9.17) is 0 Å². The summed E-state index contributed by atoms with van der Waals surface area (Å²) in [5.41, 5.74) is 0. The SMILES string of the molecule is CC(C)C(C)N(C)[C]=O. The maximum Gasteiger partial charge on any atom is 0.312 e. The summed E-state index contributed by atoms with van der Waals surface area (Å²) < 4.78 is 0. The minimum absolute atomic E-state index is 0.294. The second-order valence-electron chi connectivity index (χ2n) is 2.69. The van der Waals surface area contributed by atoms with Crippen molar-refractivity contribution >= 4 is 6.41 Å². The van der Waals surface area contributed by atoms with Crippen LogP contribution in [-0.4, -0.2) is 24.4 Å². The molecular weight excluding hydrogens is 114 g/mol. The van der Waals surface area contributed by atoms with E-state index in [1.54, 1.807) is 11.9 Å². The fourth-order valence-electron chi connectivity index (χ4n) is 0.530. The highest BCUT2D eigenvalue weighted by Gasteiger charge is 2.10. The third-order valence-electron chi connectivity index (χ3n) is 1.72. The van der Waals surface area contributed by atoms with Crippen LogP contribution in [0.15, 0.2) is 0 Å². The van der Waals surface area contributed by atoms with E-state index < -0.39 is 0 Å². The van der Waals surface area contributed by atoms with Gasteiger partial charge in [0.15, 0.2) is 0 Å². The lowest BCUT2D eigenvalue weighted by molar-refractivity contribution is 0.294. The zero-order valence-electron chi connectivity index (χ0n) is 6.51. The van der Waals surface area contributed by atoms with E-state index in [0.717, 1.165) is 0 Å². The van der Waals surface area contributed by atoms with Gasteiger partial charge in [0.25, 0.3) is 0 Å². The van der Waals surface area contributed by atoms with Gasteiger partial charge < -0.3 is 4.90 Å². The van der Waals surface area contributed by atoms with E-state index in [2.05, 4.69) is 13.8 Å². The number of rotatable bonds is 3. The number of carbonyl (C=O) groups excluding carboxylic acids is 1. The molecule has 2 nitrogen and oxygen atoms in total. The molecule has 0 bridgehead atoms. The Bertz CT molecular complexity index is 90.9. The van der Waals surface area contributed by atoms with Gasteiger partial charge in [-0.25, -0.2) is 0 Å². The summed E-state index contributed by atoms with van der Waals surface area (Å²) in [4.78, 5) is 11.6. The summed E-state index contributed by atoms with van der Waals surface area (Å²) in [7, 11) is 1.75. The first-order chi connectivity index (χ1) is 4.09. The lowest BCUT2D eigenvalue weighted by atomic mass is 10.1. The summed E-state index contributed by atoms with van der Waals surface area (Å²) >= 11 is 0. The minimum atomic E-state index is 0.294. The molecule has 0 saturated carbocycles. The maximum absolute atomic E-state index is 10.1. The summed E-state index contributed by atoms with van der Waals surface area (Å²) in [5, 5.41) is 0. The molecule has 0 heterocycles. The molecule has 0 aromatic carbocycles. The average molecular weight is 128 g/mol. The highest BCUT2D eigenvalue weighted by atomic mass is 16.1. The van der Waals surface area contributed by atoms with Crippen molar-refractivity contribution in [3.63, 3.8) is 0 Å². The van der Waals surface area contributed by atoms with E-state index in [1.807, 2.05) is 13.3 Å². The molecular formula is C7H14NO. The van der Waals surface area contributed by atoms with Crippen LogP contribution in [0.4, 0.5) is 0 Å². The molecule has 0 aromatic heterocycles. The normalized spacial score (nSPS) is 13.4. The molecule has 0 N–H and O–H groups in total. The van der Waals surface area contributed by atoms with Crippen LogP contribution in [0.25, 0.3) is 0 Å². The summed E-state index contributed by atoms with van der Waals surface area (Å²) in [5.74, 6) is 0.511. The van der Waals surface area contributed by atoms with Crippen molar-refractivity contribution in [2.75, 3.05) is 7.05 Å². The molecule has 1 amide bonds. The van der Waals surface area contributed by atoms with Crippen LogP contribution >= 0.6 is 0 Å². The second-order valence-corrected chi connectivity index (χ2v) is 2.69. The van der Waals surface area contributed by atoms with Gasteiger partial charge in [0, 0.05) is 13.1 Å². The maximum atomic E-state index is 10.1. The van der Waals surface area contributed by atoms with Crippen LogP contribution in [0, 0.1) is 5.92 Å². The Morgan fingerprint density at radius 2 is 1.78 bits per heavy atom. The first-order valence-corrected chi connectivity index (χ1v) is 3.20. The molecule has 0 aliphatic rings. The number of hydrogen-bond acceptors (Lipinski definition) is 1. The highest BCUT2D eigenvalue weighted by Crippen LogP contribution is 2.04. The molecule has 0 aliphatic carbocycles. The molecule has 9 heavy (non-hydrogen) atoms. The fourth-order valence-corrected chi connectivity index (χ4v) is 0.530. The predicted molar refractivity (Wildman–Crippen MR) is 37.8 cm³/mol. The second kappa shape index (κ2) is 3.49. The Kier molecular flexibility index (Phi) is 3.28. The molecule has 1 radical (unpaired) electrons. The predicted octanol–water partition coefficient (Wildman–Crippen LogP) is 1.03. The van der Waals surface area contributed by atoms with Crippen LogP contribution < -0.4 is 0 Å². The summed E-state index contributed by atoms with van der Waals surface area (Å²) in [6.07, 6.45) is 1.83. The van der Waals surface area contributed by atoms with Crippen molar-refractivity contribution in [1.29, 1.82) is 0 Å². The van der Waals surface area contributed by atoms with Crippen molar-refractivity contribution in [3.8, 4) is 0 Å². The van der Waals surface area contributed by atoms with Gasteiger partial charge in [0.05, 0.1) is 0 Å². The van der Waals surface area contributed by atoms with E-state index in [-0.39, 0.29) is 0 Å². The fraction of sp³-hybridized carbons (Fsp3) is 0.857. The van der Waals surface area contributed by atoms with Crippen LogP contribution in [-0.2, 0) is 4.79 Å². The molecule has 1 atom stereocenters. The Morgan fingerprint density at radius 1 is 1.33 bits per heavy atom. The molecule has 1 unspecified atom stereocenters. The largest absolute Gasteiger partial charge is 0.335 e. The van der Waals surface area contributed by atoms with Crippen LogP contribution in [0.2, 0.25) is 0 Å². The zero-order valence-corrected chi connectivity index (χ0v) is 6.51. The van der Waals surface area contributed by atoms with Gasteiger partial charge in [0.1, 0.15) is 0 Å². The van der Waals surface area contributed by atoms with Gasteiger partial charge in [0.2, 0.25) is 0 Å². The molecule has 0 fully saturated rings. The standard InChI is InChI=1S/C7H14NO/c1-6(2)7(3)8(4)5-9/h6-7H,1-4H3. The molecule has 0 aliphatic heterocycles. The van der Waals surface area contributed by atoms with Crippen LogP contribution in [0.1, 0.15) is 20.8 Å².